The van der Waals surface area contributed by atoms with Gasteiger partial charge in [0.25, 0.3) is 0 Å². The zero-order valence-electron chi connectivity index (χ0n) is 19.4. The summed E-state index contributed by atoms with van der Waals surface area (Å²) in [5.41, 5.74) is 1.69. The Morgan fingerprint density at radius 1 is 1.30 bits per heavy atom. The third-order valence-electron chi connectivity index (χ3n) is 6.40. The van der Waals surface area contributed by atoms with Crippen LogP contribution in [0, 0.1) is 16.5 Å². The molecular weight excluding hydrogens is 498 g/mol. The summed E-state index contributed by atoms with van der Waals surface area (Å²) in [5.74, 6) is 0.568. The Bertz CT molecular complexity index is 1580. The van der Waals surface area contributed by atoms with Gasteiger partial charge in [-0.25, -0.2) is 9.78 Å². The Morgan fingerprint density at radius 3 is 2.73 bits per heavy atom. The molecule has 1 atom stereocenters. The minimum atomic E-state index is -1.71. The number of ether oxygens (including phenoxy) is 1. The van der Waals surface area contributed by atoms with E-state index in [1.54, 1.807) is 48.7 Å². The number of pyridine rings is 1. The third-order valence-corrected chi connectivity index (χ3v) is 6.63. The first-order chi connectivity index (χ1) is 17.7. The van der Waals surface area contributed by atoms with Gasteiger partial charge in [-0.05, 0) is 43.2 Å². The number of methoxy groups -OCH3 is 1. The van der Waals surface area contributed by atoms with Crippen LogP contribution in [-0.4, -0.2) is 33.4 Å². The monoisotopic (exact) mass is 517 g/mol. The molecule has 0 radical (unpaired) electrons. The number of aromatic nitrogens is 3. The van der Waals surface area contributed by atoms with E-state index >= 15 is 0 Å². The number of amides is 1. The predicted octanol–water partition coefficient (Wildman–Crippen LogP) is 4.18. The maximum absolute atomic E-state index is 13.3. The Hall–Kier alpha value is -4.59. The molecule has 186 valence electrons. The summed E-state index contributed by atoms with van der Waals surface area (Å²) >= 11 is 6.17. The van der Waals surface area contributed by atoms with Crippen LogP contribution in [0.2, 0.25) is 5.02 Å². The average molecular weight is 518 g/mol. The molecule has 2 aromatic heterocycles. The molecule has 0 aliphatic heterocycles. The van der Waals surface area contributed by atoms with E-state index in [0.29, 0.717) is 61.1 Å². The fourth-order valence-corrected chi connectivity index (χ4v) is 4.93. The van der Waals surface area contributed by atoms with E-state index in [0.717, 1.165) is 0 Å². The zero-order chi connectivity index (χ0) is 26.3. The number of hydrogen-bond donors (Lipinski definition) is 4. The fraction of sp³-hybridized carbons (Fsp3) is 0.154. The highest BCUT2D eigenvalue weighted by atomic mass is 35.5. The van der Waals surface area contributed by atoms with Crippen LogP contribution in [0.15, 0.2) is 54.9 Å². The summed E-state index contributed by atoms with van der Waals surface area (Å²) in [5, 5.41) is 46.1. The van der Waals surface area contributed by atoms with E-state index in [1.165, 1.54) is 13.3 Å². The average Bonchev–Trinajstić information content (AvgIpc) is 3.51. The summed E-state index contributed by atoms with van der Waals surface area (Å²) in [6.07, 6.45) is 2.23. The van der Waals surface area contributed by atoms with E-state index in [4.69, 9.17) is 21.4 Å². The van der Waals surface area contributed by atoms with Gasteiger partial charge in [0.2, 0.25) is 11.3 Å². The van der Waals surface area contributed by atoms with Crippen LogP contribution >= 0.6 is 11.6 Å². The van der Waals surface area contributed by atoms with Crippen LogP contribution in [0.1, 0.15) is 29.1 Å². The molecule has 4 N–H and O–H groups in total. The zero-order valence-corrected chi connectivity index (χ0v) is 20.2. The standard InChI is InChI=1S/C26H20ClN5O5/c1-37-22-18-8-9-26(35,23(18)32(36)13-20(22)19-10-16(27)5-2-15(19)11-28)24-29-12-21(31-24)14-3-6-17(7-4-14)30-25(33)34/h2-7,10,12-13,30,35H,8-9H2,1H3,(H,29,31)(H,33,34). The fourth-order valence-electron chi connectivity index (χ4n) is 4.75. The second-order valence-corrected chi connectivity index (χ2v) is 8.97. The molecule has 1 aliphatic rings. The van der Waals surface area contributed by atoms with Gasteiger partial charge in [0.05, 0.1) is 35.6 Å². The summed E-state index contributed by atoms with van der Waals surface area (Å²) in [4.78, 5) is 18.3. The van der Waals surface area contributed by atoms with Crippen molar-refractivity contribution >= 4 is 23.4 Å². The van der Waals surface area contributed by atoms with Gasteiger partial charge in [0, 0.05) is 28.0 Å². The molecule has 1 unspecified atom stereocenters. The molecule has 4 aromatic rings. The molecule has 0 saturated heterocycles. The number of H-pyrrole nitrogens is 1. The lowest BCUT2D eigenvalue weighted by molar-refractivity contribution is -0.620. The quantitative estimate of drug-likeness (QED) is 0.228. The minimum absolute atomic E-state index is 0.0931. The van der Waals surface area contributed by atoms with Crippen LogP contribution in [0.3, 0.4) is 0 Å². The molecule has 1 aliphatic carbocycles. The Balaban J connectivity index is 1.56. The number of benzene rings is 2. The van der Waals surface area contributed by atoms with Crippen molar-refractivity contribution in [2.75, 3.05) is 12.4 Å². The number of aliphatic hydroxyl groups is 1. The van der Waals surface area contributed by atoms with Crippen molar-refractivity contribution in [3.8, 4) is 34.2 Å². The molecule has 1 amide bonds. The second-order valence-electron chi connectivity index (χ2n) is 8.53. The van der Waals surface area contributed by atoms with E-state index in [1.807, 2.05) is 0 Å². The van der Waals surface area contributed by atoms with Crippen LogP contribution in [0.4, 0.5) is 10.5 Å². The third kappa shape index (κ3) is 4.10. The molecule has 0 spiro atoms. The highest BCUT2D eigenvalue weighted by Crippen LogP contribution is 2.46. The normalized spacial score (nSPS) is 16.2. The predicted molar refractivity (Wildman–Crippen MR) is 134 cm³/mol. The van der Waals surface area contributed by atoms with Crippen molar-refractivity contribution < 1.29 is 24.5 Å². The van der Waals surface area contributed by atoms with Crippen molar-refractivity contribution in [3.05, 3.63) is 87.7 Å². The number of carbonyl (C=O) groups is 1. The molecule has 10 nitrogen and oxygen atoms in total. The molecular formula is C26H20ClN5O5. The summed E-state index contributed by atoms with van der Waals surface area (Å²) in [6.45, 7) is 0. The first kappa shape index (κ1) is 24.1. The topological polar surface area (TPSA) is 158 Å². The van der Waals surface area contributed by atoms with E-state index in [2.05, 4.69) is 21.4 Å². The number of carboxylic acid groups (broad SMARTS) is 1. The number of rotatable bonds is 5. The van der Waals surface area contributed by atoms with Gasteiger partial charge in [-0.1, -0.05) is 23.7 Å². The van der Waals surface area contributed by atoms with Gasteiger partial charge >= 0.3 is 6.09 Å². The summed E-state index contributed by atoms with van der Waals surface area (Å²) < 4.78 is 6.28. The number of nitrogens with zero attached hydrogens (tertiary/aromatic N) is 3. The molecule has 2 heterocycles. The minimum Gasteiger partial charge on any atom is -0.618 e. The van der Waals surface area contributed by atoms with Crippen molar-refractivity contribution in [1.82, 2.24) is 9.97 Å². The molecule has 2 aromatic carbocycles. The number of aromatic amines is 1. The number of fused-ring (bicyclic) bond motifs is 1. The second kappa shape index (κ2) is 9.13. The Labute approximate surface area is 216 Å². The van der Waals surface area contributed by atoms with E-state index < -0.39 is 11.7 Å². The van der Waals surface area contributed by atoms with Gasteiger partial charge in [0.1, 0.15) is 11.6 Å². The molecule has 0 saturated carbocycles. The van der Waals surface area contributed by atoms with Gasteiger partial charge in [-0.15, -0.1) is 0 Å². The maximum Gasteiger partial charge on any atom is 0.409 e. The first-order valence-electron chi connectivity index (χ1n) is 11.2. The van der Waals surface area contributed by atoms with Crippen molar-refractivity contribution in [1.29, 1.82) is 5.26 Å². The van der Waals surface area contributed by atoms with Crippen LogP contribution < -0.4 is 14.8 Å². The largest absolute Gasteiger partial charge is 0.618 e. The lowest BCUT2D eigenvalue weighted by Crippen LogP contribution is -2.42. The molecule has 0 fully saturated rings. The summed E-state index contributed by atoms with van der Waals surface area (Å²) in [6, 6.07) is 13.5. The Kier molecular flexibility index (Phi) is 5.95. The summed E-state index contributed by atoms with van der Waals surface area (Å²) in [7, 11) is 1.47. The highest BCUT2D eigenvalue weighted by Gasteiger charge is 2.50. The van der Waals surface area contributed by atoms with Crippen molar-refractivity contribution in [2.45, 2.75) is 18.4 Å². The lowest BCUT2D eigenvalue weighted by atomic mass is 9.96. The van der Waals surface area contributed by atoms with E-state index in [-0.39, 0.29) is 17.9 Å². The van der Waals surface area contributed by atoms with Crippen LogP contribution in [-0.2, 0) is 12.0 Å². The number of nitrogens with one attached hydrogen (secondary N) is 2. The molecule has 11 heteroatoms. The highest BCUT2D eigenvalue weighted by molar-refractivity contribution is 6.31. The maximum atomic E-state index is 13.3. The van der Waals surface area contributed by atoms with Crippen molar-refractivity contribution in [3.63, 3.8) is 0 Å². The number of nitriles is 1. The molecule has 5 rings (SSSR count). The van der Waals surface area contributed by atoms with E-state index in [9.17, 15) is 20.4 Å². The number of imidazole rings is 1. The van der Waals surface area contributed by atoms with Crippen LogP contribution in [0.25, 0.3) is 22.4 Å². The number of halogens is 1. The Morgan fingerprint density at radius 2 is 2.05 bits per heavy atom. The van der Waals surface area contributed by atoms with Gasteiger partial charge in [-0.3, -0.25) is 5.32 Å². The molecule has 0 bridgehead atoms. The van der Waals surface area contributed by atoms with Gasteiger partial charge in [-0.2, -0.15) is 9.99 Å². The smallest absolute Gasteiger partial charge is 0.409 e. The molecule has 37 heavy (non-hydrogen) atoms. The van der Waals surface area contributed by atoms with Gasteiger partial charge in [0.15, 0.2) is 6.20 Å². The number of anilines is 1. The van der Waals surface area contributed by atoms with Crippen LogP contribution in [0.5, 0.6) is 5.75 Å². The van der Waals surface area contributed by atoms with Gasteiger partial charge < -0.3 is 25.1 Å². The number of hydrogen-bond acceptors (Lipinski definition) is 6. The van der Waals surface area contributed by atoms with Crippen molar-refractivity contribution in [2.24, 2.45) is 0 Å². The SMILES string of the molecule is COc1c(-c2cc(Cl)ccc2C#N)c[n+]([O-])c2c1CCC2(O)c1nc(-c2ccc(NC(=O)O)cc2)c[nH]1. The lowest BCUT2D eigenvalue weighted by Gasteiger charge is -2.21. The first-order valence-corrected chi connectivity index (χ1v) is 11.5.